The molecule has 2 N–H and O–H groups in total. The number of amides is 2. The van der Waals surface area contributed by atoms with Gasteiger partial charge in [-0.3, -0.25) is 9.59 Å². The average Bonchev–Trinajstić information content (AvgIpc) is 2.64. The minimum Gasteiger partial charge on any atom is -0.497 e. The number of para-hydroxylation sites is 1. The normalized spacial score (nSPS) is 10.5. The van der Waals surface area contributed by atoms with Crippen molar-refractivity contribution in [1.82, 2.24) is 5.43 Å². The van der Waals surface area contributed by atoms with Crippen molar-refractivity contribution < 1.29 is 19.1 Å². The van der Waals surface area contributed by atoms with Gasteiger partial charge in [0, 0.05) is 17.3 Å². The Morgan fingerprint density at radius 1 is 1.00 bits per heavy atom. The van der Waals surface area contributed by atoms with Gasteiger partial charge in [-0.1, -0.05) is 18.2 Å². The number of rotatable bonds is 5. The molecule has 0 unspecified atom stereocenters. The van der Waals surface area contributed by atoms with E-state index in [4.69, 9.17) is 9.47 Å². The van der Waals surface area contributed by atoms with Crippen LogP contribution < -0.4 is 20.2 Å². The lowest BCUT2D eigenvalue weighted by molar-refractivity contribution is -0.136. The summed E-state index contributed by atoms with van der Waals surface area (Å²) >= 11 is 0. The first kappa shape index (κ1) is 19.0. The first-order chi connectivity index (χ1) is 12.5. The van der Waals surface area contributed by atoms with Crippen molar-refractivity contribution >= 4 is 23.7 Å². The number of benzene rings is 2. The SMILES string of the molecule is COc1ccc(/C=N/NC(=O)C(=O)Nc2c(C)cccc2C)c(OC)c1. The number of nitrogens with one attached hydrogen (secondary N) is 2. The van der Waals surface area contributed by atoms with Gasteiger partial charge in [0.15, 0.2) is 0 Å². The summed E-state index contributed by atoms with van der Waals surface area (Å²) in [7, 11) is 3.07. The lowest BCUT2D eigenvalue weighted by Crippen LogP contribution is -2.32. The highest BCUT2D eigenvalue weighted by atomic mass is 16.5. The maximum atomic E-state index is 12.0. The average molecular weight is 355 g/mol. The third kappa shape index (κ3) is 4.60. The number of hydrazone groups is 1. The van der Waals surface area contributed by atoms with E-state index in [9.17, 15) is 9.59 Å². The molecule has 0 atom stereocenters. The molecule has 0 saturated heterocycles. The zero-order chi connectivity index (χ0) is 19.1. The molecule has 26 heavy (non-hydrogen) atoms. The molecule has 0 aromatic heterocycles. The molecule has 2 rings (SSSR count). The lowest BCUT2D eigenvalue weighted by atomic mass is 10.1. The highest BCUT2D eigenvalue weighted by Crippen LogP contribution is 2.23. The molecule has 0 bridgehead atoms. The van der Waals surface area contributed by atoms with E-state index >= 15 is 0 Å². The first-order valence-electron chi connectivity index (χ1n) is 7.89. The maximum absolute atomic E-state index is 12.0. The highest BCUT2D eigenvalue weighted by molar-refractivity contribution is 6.39. The summed E-state index contributed by atoms with van der Waals surface area (Å²) in [6.07, 6.45) is 1.39. The summed E-state index contributed by atoms with van der Waals surface area (Å²) in [6, 6.07) is 10.7. The van der Waals surface area contributed by atoms with Crippen molar-refractivity contribution in [2.45, 2.75) is 13.8 Å². The van der Waals surface area contributed by atoms with E-state index in [0.717, 1.165) is 11.1 Å². The van der Waals surface area contributed by atoms with Crippen molar-refractivity contribution in [3.63, 3.8) is 0 Å². The van der Waals surface area contributed by atoms with Gasteiger partial charge in [-0.15, -0.1) is 0 Å². The van der Waals surface area contributed by atoms with Gasteiger partial charge in [-0.25, -0.2) is 5.43 Å². The van der Waals surface area contributed by atoms with Crippen molar-refractivity contribution in [3.8, 4) is 11.5 Å². The summed E-state index contributed by atoms with van der Waals surface area (Å²) < 4.78 is 10.3. The number of nitrogens with zero attached hydrogens (tertiary/aromatic N) is 1. The number of hydrogen-bond donors (Lipinski definition) is 2. The van der Waals surface area contributed by atoms with Crippen molar-refractivity contribution in [2.75, 3.05) is 19.5 Å². The Labute approximate surface area is 152 Å². The van der Waals surface area contributed by atoms with Gasteiger partial charge in [0.25, 0.3) is 0 Å². The Morgan fingerprint density at radius 2 is 1.69 bits per heavy atom. The predicted molar refractivity (Wildman–Crippen MR) is 99.8 cm³/mol. The largest absolute Gasteiger partial charge is 0.497 e. The van der Waals surface area contributed by atoms with Gasteiger partial charge in [0.05, 0.1) is 20.4 Å². The van der Waals surface area contributed by atoms with Gasteiger partial charge in [-0.05, 0) is 37.1 Å². The van der Waals surface area contributed by atoms with E-state index in [2.05, 4.69) is 15.8 Å². The zero-order valence-corrected chi connectivity index (χ0v) is 15.1. The van der Waals surface area contributed by atoms with Gasteiger partial charge in [-0.2, -0.15) is 5.10 Å². The number of anilines is 1. The second kappa shape index (κ2) is 8.66. The summed E-state index contributed by atoms with van der Waals surface area (Å²) in [5.74, 6) is -0.490. The van der Waals surface area contributed by atoms with Crippen LogP contribution in [0.4, 0.5) is 5.69 Å². The molecular weight excluding hydrogens is 334 g/mol. The van der Waals surface area contributed by atoms with Crippen LogP contribution in [0.1, 0.15) is 16.7 Å². The minimum atomic E-state index is -0.864. The van der Waals surface area contributed by atoms with Crippen LogP contribution in [-0.4, -0.2) is 32.2 Å². The van der Waals surface area contributed by atoms with E-state index < -0.39 is 11.8 Å². The lowest BCUT2D eigenvalue weighted by Gasteiger charge is -2.10. The van der Waals surface area contributed by atoms with E-state index in [1.54, 1.807) is 25.3 Å². The fourth-order valence-electron chi connectivity index (χ4n) is 2.32. The summed E-state index contributed by atoms with van der Waals surface area (Å²) in [4.78, 5) is 24.0. The number of carbonyl (C=O) groups excluding carboxylic acids is 2. The number of carbonyl (C=O) groups is 2. The van der Waals surface area contributed by atoms with Crippen LogP contribution in [0.3, 0.4) is 0 Å². The molecule has 7 nitrogen and oxygen atoms in total. The van der Waals surface area contributed by atoms with Crippen molar-refractivity contribution in [2.24, 2.45) is 5.10 Å². The number of hydrogen-bond acceptors (Lipinski definition) is 5. The van der Waals surface area contributed by atoms with Crippen LogP contribution in [0.2, 0.25) is 0 Å². The molecule has 2 aromatic rings. The van der Waals surface area contributed by atoms with Crippen molar-refractivity contribution in [3.05, 3.63) is 53.1 Å². The summed E-state index contributed by atoms with van der Waals surface area (Å²) in [6.45, 7) is 3.71. The summed E-state index contributed by atoms with van der Waals surface area (Å²) in [5, 5.41) is 6.41. The molecule has 0 spiro atoms. The van der Waals surface area contributed by atoms with E-state index in [0.29, 0.717) is 22.7 Å². The van der Waals surface area contributed by atoms with Crippen LogP contribution >= 0.6 is 0 Å². The second-order valence-electron chi connectivity index (χ2n) is 5.53. The third-order valence-corrected chi connectivity index (χ3v) is 3.74. The molecule has 7 heteroatoms. The Hall–Kier alpha value is -3.35. The van der Waals surface area contributed by atoms with E-state index in [1.807, 2.05) is 32.0 Å². The van der Waals surface area contributed by atoms with Crippen LogP contribution in [0.15, 0.2) is 41.5 Å². The van der Waals surface area contributed by atoms with E-state index in [-0.39, 0.29) is 0 Å². The molecule has 0 fully saturated rings. The summed E-state index contributed by atoms with van der Waals surface area (Å²) in [5.41, 5.74) is 5.19. The molecule has 0 aliphatic carbocycles. The molecule has 2 amide bonds. The number of methoxy groups -OCH3 is 2. The Bertz CT molecular complexity index is 826. The predicted octanol–water partition coefficient (Wildman–Crippen LogP) is 2.41. The number of ether oxygens (including phenoxy) is 2. The fraction of sp³-hybridized carbons (Fsp3) is 0.211. The molecule has 136 valence electrons. The zero-order valence-electron chi connectivity index (χ0n) is 15.1. The Balaban J connectivity index is 2.02. The molecule has 0 aliphatic rings. The minimum absolute atomic E-state index is 0.530. The first-order valence-corrected chi connectivity index (χ1v) is 7.89. The maximum Gasteiger partial charge on any atom is 0.329 e. The second-order valence-corrected chi connectivity index (χ2v) is 5.53. The van der Waals surface area contributed by atoms with Gasteiger partial charge >= 0.3 is 11.8 Å². The topological polar surface area (TPSA) is 89.0 Å². The van der Waals surface area contributed by atoms with Crippen LogP contribution in [0, 0.1) is 13.8 Å². The van der Waals surface area contributed by atoms with E-state index in [1.165, 1.54) is 13.3 Å². The van der Waals surface area contributed by atoms with Crippen molar-refractivity contribution in [1.29, 1.82) is 0 Å². The fourth-order valence-corrected chi connectivity index (χ4v) is 2.32. The molecule has 0 saturated carbocycles. The van der Waals surface area contributed by atoms with Crippen LogP contribution in [-0.2, 0) is 9.59 Å². The molecule has 2 aromatic carbocycles. The third-order valence-electron chi connectivity index (χ3n) is 3.74. The quantitative estimate of drug-likeness (QED) is 0.490. The number of aryl methyl sites for hydroxylation is 2. The monoisotopic (exact) mass is 355 g/mol. The van der Waals surface area contributed by atoms with Crippen LogP contribution in [0.5, 0.6) is 11.5 Å². The molecule has 0 heterocycles. The van der Waals surface area contributed by atoms with Gasteiger partial charge < -0.3 is 14.8 Å². The highest BCUT2D eigenvalue weighted by Gasteiger charge is 2.15. The van der Waals surface area contributed by atoms with Crippen LogP contribution in [0.25, 0.3) is 0 Å². The Morgan fingerprint density at radius 3 is 2.31 bits per heavy atom. The standard InChI is InChI=1S/C19H21N3O4/c1-12-6-5-7-13(2)17(12)21-18(23)19(24)22-20-11-14-8-9-15(25-3)10-16(14)26-4/h5-11H,1-4H3,(H,21,23)(H,22,24)/b20-11+. The van der Waals surface area contributed by atoms with Gasteiger partial charge in [0.1, 0.15) is 11.5 Å². The molecular formula is C19H21N3O4. The van der Waals surface area contributed by atoms with Gasteiger partial charge in [0.2, 0.25) is 0 Å². The molecule has 0 aliphatic heterocycles. The smallest absolute Gasteiger partial charge is 0.329 e. The molecule has 0 radical (unpaired) electrons. The Kier molecular flexibility index (Phi) is 6.32.